The number of hydrogen-bond acceptors (Lipinski definition) is 7. The molecule has 16 heteroatoms. The predicted octanol–water partition coefficient (Wildman–Crippen LogP) is 6.32. The van der Waals surface area contributed by atoms with Gasteiger partial charge < -0.3 is 26.3 Å². The Morgan fingerprint density at radius 1 is 0.705 bits per heavy atom. The monoisotopic (exact) mass is 794 g/mol. The third kappa shape index (κ3) is 14.1. The third-order valence-electron chi connectivity index (χ3n) is 5.66. The molecular weight excluding hydrogens is 763 g/mol. The number of aromatic nitrogens is 4. The van der Waals surface area contributed by atoms with Crippen LogP contribution in [0.3, 0.4) is 0 Å². The molecule has 0 saturated carbocycles. The zero-order valence-corrected chi connectivity index (χ0v) is 33.4. The summed E-state index contributed by atoms with van der Waals surface area (Å²) < 4.78 is 13.9. The van der Waals surface area contributed by atoms with Crippen LogP contribution in [0.4, 0.5) is 5.82 Å². The van der Waals surface area contributed by atoms with Crippen molar-refractivity contribution in [1.82, 2.24) is 19.9 Å². The first-order valence-electron chi connectivity index (χ1n) is 12.3. The van der Waals surface area contributed by atoms with Crippen molar-refractivity contribution in [3.8, 4) is 11.8 Å². The van der Waals surface area contributed by atoms with Gasteiger partial charge in [-0.15, -0.1) is 0 Å². The first-order valence-corrected chi connectivity index (χ1v) is 14.3. The molecule has 2 heterocycles. The molecule has 0 saturated heterocycles. The van der Waals surface area contributed by atoms with Crippen molar-refractivity contribution in [2.45, 2.75) is 53.8 Å². The van der Waals surface area contributed by atoms with E-state index in [-0.39, 0.29) is 68.8 Å². The first-order chi connectivity index (χ1) is 19.4. The van der Waals surface area contributed by atoms with Gasteiger partial charge in [0.15, 0.2) is 0 Å². The van der Waals surface area contributed by atoms with Crippen molar-refractivity contribution in [2.24, 2.45) is 0 Å². The molecule has 0 aliphatic carbocycles. The van der Waals surface area contributed by atoms with E-state index in [2.05, 4.69) is 51.8 Å². The summed E-state index contributed by atoms with van der Waals surface area (Å²) in [5, 5.41) is 0.436. The Morgan fingerprint density at radius 2 is 1.05 bits per heavy atom. The second-order valence-electron chi connectivity index (χ2n) is 8.79. The Hall–Kier alpha value is -1.74. The van der Waals surface area contributed by atoms with Crippen LogP contribution in [0.2, 0.25) is 5.15 Å². The molecule has 0 radical (unpaired) electrons. The van der Waals surface area contributed by atoms with Gasteiger partial charge in [0, 0.05) is 14.5 Å². The van der Waals surface area contributed by atoms with Gasteiger partial charge in [-0.1, -0.05) is 67.7 Å². The van der Waals surface area contributed by atoms with Gasteiger partial charge in [-0.3, -0.25) is 4.91 Å². The van der Waals surface area contributed by atoms with Crippen LogP contribution in [-0.2, 0) is 0 Å². The number of nitrogen functional groups attached to an aromatic ring is 1. The predicted molar refractivity (Wildman–Crippen MR) is 190 cm³/mol. The van der Waals surface area contributed by atoms with Crippen LogP contribution in [0, 0.1) is 27.7 Å². The zero-order chi connectivity index (χ0) is 30.7. The number of aryl methyl sites for hydroxylation is 2. The van der Waals surface area contributed by atoms with Crippen LogP contribution in [0.25, 0.3) is 16.0 Å². The summed E-state index contributed by atoms with van der Waals surface area (Å²) in [4.78, 5) is 18.3. The van der Waals surface area contributed by atoms with E-state index in [9.17, 15) is 0 Å². The minimum Gasteiger partial charge on any atom is -0.469 e. The SMILES string of the molecule is Cc1nc(Cl)c(C)c(O[C@@H](C)c2ccc(Br)cc2)n1.Cc1nc(N)c(C)c(O[C@@H](C)c2ccc(Br)cc2)n1.S.S.[N-]=[N+]=[N-].[Na+]. The van der Waals surface area contributed by atoms with Crippen molar-refractivity contribution >= 4 is 76.3 Å². The molecule has 0 spiro atoms. The topological polar surface area (TPSA) is 155 Å². The average Bonchev–Trinajstić information content (AvgIpc) is 2.91. The van der Waals surface area contributed by atoms with Gasteiger partial charge >= 0.3 is 29.6 Å². The molecule has 2 aromatic carbocycles. The molecular formula is C28H34Br2ClN8NaO2S2. The molecule has 2 aromatic heterocycles. The molecule has 0 amide bonds. The maximum absolute atomic E-state index is 6.75. The van der Waals surface area contributed by atoms with E-state index >= 15 is 0 Å². The number of benzene rings is 2. The summed E-state index contributed by atoms with van der Waals surface area (Å²) in [6.45, 7) is 11.3. The normalized spacial score (nSPS) is 10.8. The van der Waals surface area contributed by atoms with Gasteiger partial charge in [-0.25, -0.2) is 9.97 Å². The summed E-state index contributed by atoms with van der Waals surface area (Å²) in [6.07, 6.45) is -0.197. The quantitative estimate of drug-likeness (QED) is 0.0788. The molecule has 2 atom stereocenters. The number of ether oxygens (including phenoxy) is 2. The van der Waals surface area contributed by atoms with Crippen molar-refractivity contribution in [1.29, 1.82) is 0 Å². The Labute approximate surface area is 316 Å². The Balaban J connectivity index is 0. The summed E-state index contributed by atoms with van der Waals surface area (Å²) in [7, 11) is 0. The molecule has 44 heavy (non-hydrogen) atoms. The molecule has 0 bridgehead atoms. The van der Waals surface area contributed by atoms with Crippen molar-refractivity contribution < 1.29 is 39.0 Å². The molecule has 2 N–H and O–H groups in total. The fraction of sp³-hybridized carbons (Fsp3) is 0.286. The molecule has 4 rings (SSSR count). The van der Waals surface area contributed by atoms with E-state index in [0.29, 0.717) is 34.4 Å². The van der Waals surface area contributed by atoms with Gasteiger partial charge in [0.05, 0.1) is 5.56 Å². The Kier molecular flexibility index (Phi) is 22.1. The molecule has 0 aliphatic heterocycles. The van der Waals surface area contributed by atoms with Crippen molar-refractivity contribution in [3.05, 3.63) is 113 Å². The summed E-state index contributed by atoms with van der Waals surface area (Å²) >= 11 is 12.9. The maximum Gasteiger partial charge on any atom is 1.00 e. The fourth-order valence-electron chi connectivity index (χ4n) is 3.36. The second-order valence-corrected chi connectivity index (χ2v) is 11.0. The van der Waals surface area contributed by atoms with Gasteiger partial charge in [0.25, 0.3) is 0 Å². The number of halogens is 3. The maximum atomic E-state index is 6.75. The van der Waals surface area contributed by atoms with Crippen LogP contribution in [0.5, 0.6) is 11.8 Å². The van der Waals surface area contributed by atoms with Gasteiger partial charge in [-0.05, 0) is 76.9 Å². The van der Waals surface area contributed by atoms with Gasteiger partial charge in [0.1, 0.15) is 34.8 Å². The summed E-state index contributed by atoms with van der Waals surface area (Å²) in [5.74, 6) is 2.76. The molecule has 4 aromatic rings. The summed E-state index contributed by atoms with van der Waals surface area (Å²) in [5.41, 5.74) is 23.0. The number of rotatable bonds is 6. The number of nitrogens with two attached hydrogens (primary N) is 1. The minimum atomic E-state index is -0.0998. The van der Waals surface area contributed by atoms with E-state index < -0.39 is 0 Å². The van der Waals surface area contributed by atoms with Crippen LogP contribution >= 0.6 is 70.5 Å². The smallest absolute Gasteiger partial charge is 0.469 e. The average molecular weight is 797 g/mol. The van der Waals surface area contributed by atoms with Crippen molar-refractivity contribution in [2.75, 3.05) is 5.73 Å². The van der Waals surface area contributed by atoms with E-state index in [1.807, 2.05) is 76.2 Å². The first kappa shape index (κ1) is 44.4. The molecule has 0 unspecified atom stereocenters. The number of hydrogen-bond donors (Lipinski definition) is 1. The van der Waals surface area contributed by atoms with Crippen LogP contribution < -0.4 is 44.8 Å². The zero-order valence-electron chi connectivity index (χ0n) is 25.4. The van der Waals surface area contributed by atoms with Crippen LogP contribution in [0.1, 0.15) is 60.0 Å². The second kappa shape index (κ2) is 21.9. The minimum absolute atomic E-state index is 0. The van der Waals surface area contributed by atoms with E-state index in [1.54, 1.807) is 13.8 Å². The molecule has 0 aliphatic rings. The van der Waals surface area contributed by atoms with E-state index in [4.69, 9.17) is 37.9 Å². The summed E-state index contributed by atoms with van der Waals surface area (Å²) in [6, 6.07) is 16.0. The van der Waals surface area contributed by atoms with E-state index in [1.165, 1.54) is 4.91 Å². The molecule has 0 fully saturated rings. The largest absolute Gasteiger partial charge is 1.00 e. The Morgan fingerprint density at radius 3 is 1.43 bits per heavy atom. The van der Waals surface area contributed by atoms with Gasteiger partial charge in [0.2, 0.25) is 11.8 Å². The molecule has 10 nitrogen and oxygen atoms in total. The standard InChI is InChI=1S/C14H14BrClN2O.C14H16BrN3O.N3.Na.2H2S/c2*1-8-13(16)17-10(3)18-14(8)19-9(2)11-4-6-12(15)7-5-11;1-3-2;;;/h4-7,9H,1-3H3;4-7,9H,1-3H3,(H2,16,17,18);;;2*1H2/q;;-1;+1;;/t2*9-;;;;/m00..../s1. The van der Waals surface area contributed by atoms with Crippen LogP contribution in [-0.4, -0.2) is 19.9 Å². The fourth-order valence-corrected chi connectivity index (χ4v) is 4.09. The number of anilines is 1. The van der Waals surface area contributed by atoms with Crippen LogP contribution in [0.15, 0.2) is 57.5 Å². The Bertz CT molecular complexity index is 1390. The van der Waals surface area contributed by atoms with Gasteiger partial charge in [-0.2, -0.15) is 37.0 Å². The van der Waals surface area contributed by atoms with E-state index in [0.717, 1.165) is 31.2 Å². The third-order valence-corrected chi connectivity index (χ3v) is 7.09. The number of nitrogens with zero attached hydrogens (tertiary/aromatic N) is 7. The molecule has 232 valence electrons. The van der Waals surface area contributed by atoms with Crippen molar-refractivity contribution in [3.63, 3.8) is 0 Å².